The molecule has 4 fully saturated rings. The first-order chi connectivity index (χ1) is 49.6. The fraction of sp³-hybridized carbons (Fsp3) is 0.405. The van der Waals surface area contributed by atoms with E-state index in [0.717, 1.165) is 136 Å². The first-order valence-corrected chi connectivity index (χ1v) is 42.2. The van der Waals surface area contributed by atoms with Crippen molar-refractivity contribution in [2.75, 3.05) is 68.9 Å². The molecule has 5 amide bonds. The van der Waals surface area contributed by atoms with Crippen LogP contribution in [0.2, 0.25) is 0 Å². The zero-order valence-corrected chi connectivity index (χ0v) is 64.7. The maximum atomic E-state index is 12.6. The van der Waals surface area contributed by atoms with E-state index in [4.69, 9.17) is 10.8 Å². The van der Waals surface area contributed by atoms with E-state index in [-0.39, 0.29) is 86.3 Å². The number of carboxylic acid groups (broad SMARTS) is 1. The zero-order valence-electron chi connectivity index (χ0n) is 58.2. The van der Waals surface area contributed by atoms with Crippen molar-refractivity contribution in [3.05, 3.63) is 200 Å². The van der Waals surface area contributed by atoms with Gasteiger partial charge in [-0.3, -0.25) is 19.7 Å². The minimum absolute atomic E-state index is 0. The van der Waals surface area contributed by atoms with Crippen LogP contribution in [-0.4, -0.2) is 123 Å². The van der Waals surface area contributed by atoms with Crippen LogP contribution in [0.4, 0.5) is 32.3 Å². The number of carbonyl (C=O) groups excluding carboxylic acids is 3. The van der Waals surface area contributed by atoms with Crippen LogP contribution >= 0.6 is 94.7 Å². The van der Waals surface area contributed by atoms with Gasteiger partial charge in [0.1, 0.15) is 0 Å². The number of nitrogens with one attached hydrogen (secondary N) is 5. The quantitative estimate of drug-likeness (QED) is 0.00487. The van der Waals surface area contributed by atoms with Gasteiger partial charge >= 0.3 is 55.8 Å². The number of fused-ring (bicyclic) bond motifs is 6. The monoisotopic (exact) mass is 1530 g/mol. The number of thioether (sulfide) groups is 6. The van der Waals surface area contributed by atoms with Crippen LogP contribution in [0.5, 0.6) is 0 Å². The van der Waals surface area contributed by atoms with Crippen LogP contribution in [0.15, 0.2) is 166 Å². The van der Waals surface area contributed by atoms with Gasteiger partial charge in [-0.15, -0.1) is 47.0 Å². The molecule has 540 valence electrons. The van der Waals surface area contributed by atoms with Gasteiger partial charge in [-0.2, -0.15) is 32.2 Å². The minimum atomic E-state index is -0.729. The molecule has 6 aliphatic rings. The van der Waals surface area contributed by atoms with Crippen molar-refractivity contribution in [2.45, 2.75) is 125 Å². The Hall–Kier alpha value is -4.41. The Morgan fingerprint density at radius 1 is 0.495 bits per heavy atom. The zero-order chi connectivity index (χ0) is 70.4. The van der Waals surface area contributed by atoms with Gasteiger partial charge in [0.25, 0.3) is 0 Å². The Bertz CT molecular complexity index is 3600. The van der Waals surface area contributed by atoms with Gasteiger partial charge in [-0.05, 0) is 111 Å². The second kappa shape index (κ2) is 46.1. The molecule has 0 radical (unpaired) electrons. The number of amides is 5. The van der Waals surface area contributed by atoms with Crippen LogP contribution in [0, 0.1) is 0 Å². The third kappa shape index (κ3) is 25.1. The van der Waals surface area contributed by atoms with E-state index in [9.17, 15) is 29.7 Å². The summed E-state index contributed by atoms with van der Waals surface area (Å²) in [6, 6.07) is 56.7. The number of para-hydroxylation sites is 4. The first kappa shape index (κ1) is 84.2. The molecule has 1 unspecified atom stereocenters. The van der Waals surface area contributed by atoms with Crippen LogP contribution < -0.4 is 90.4 Å². The first-order valence-electron chi connectivity index (χ1n) is 34.3. The molecule has 6 atom stereocenters. The number of anilines is 4. The summed E-state index contributed by atoms with van der Waals surface area (Å²) >= 11 is 13.3. The van der Waals surface area contributed by atoms with Gasteiger partial charge < -0.3 is 57.7 Å². The number of hydrogen-bond acceptors (Lipinski definition) is 21. The van der Waals surface area contributed by atoms with Crippen LogP contribution in [0.3, 0.4) is 0 Å². The van der Waals surface area contributed by atoms with Gasteiger partial charge in [0.05, 0.1) is 24.2 Å². The van der Waals surface area contributed by atoms with Gasteiger partial charge in [-0.25, -0.2) is 9.59 Å². The van der Waals surface area contributed by atoms with E-state index in [0.29, 0.717) is 41.5 Å². The maximum Gasteiger partial charge on any atom is 1.00 e. The fourth-order valence-electron chi connectivity index (χ4n) is 12.9. The third-order valence-electron chi connectivity index (χ3n) is 17.6. The SMILES string of the molecule is NCCCSC(SCCCSOO[O-])=C1c2ccccc2N(Cc2ccccc2)c2ccccc21.O=C(CCCCC1SC[C@H]2NC(=O)N[C@@H]12)NCCCSC(SCCCSOO[O-])=C1c2ccccc2N(Cc2ccccc2)c2ccccc21.O=C(O)CCCC[C@H]1SC[C@H]2NC(=O)N[C@H]21.[Li+].[Li+]. The molecular formula is C74H88Li2N8O11S8. The number of urea groups is 2. The molecule has 6 heterocycles. The van der Waals surface area contributed by atoms with E-state index >= 15 is 0 Å². The largest absolute Gasteiger partial charge is 1.00 e. The number of unbranched alkanes of at least 4 members (excludes halogenated alkanes) is 2. The molecule has 0 aliphatic carbocycles. The topological polar surface area (TPSA) is 264 Å². The van der Waals surface area contributed by atoms with Crippen molar-refractivity contribution in [3.63, 3.8) is 0 Å². The van der Waals surface area contributed by atoms with Crippen LogP contribution in [-0.2, 0) is 41.4 Å². The predicted octanol–water partition coefficient (Wildman–Crippen LogP) is 7.95. The average molecular weight is 1540 g/mol. The molecule has 0 saturated carbocycles. The molecule has 12 rings (SSSR count). The standard InChI is InChI=1S/C37H44N4O5S4.C27H30N2O3S3.C10H16N2O3S.2Li/c42-33(19-9-8-18-32-35-29(25-49-32)39-37(43)40-35)38-20-10-21-47-36(48-22-11-23-50-46-45-44)34-27-14-4-6-16-30(27)41(24-26-12-2-1-3-13-26)31-17-7-5-15-28(31)34;28-16-8-17-33-27(34-18-9-19-35-32-31-30)26-22-12-4-6-14-24(22)29(20-21-10-2-1-3-11-21)25-15-7-5-13-23(25)26;13-8(14)4-2-1-3-7-9-6(5-16-7)11-10(15)12-9;;/h1-7,12-17,29,32,35,44H,8-11,18-25H2,(H,38,42)(H2,39,40,43);1-7,10-15,30H,8-9,16-20,28H2;6-7,9H,1-5H2,(H,13,14)(H2,11,12,15);;/q;;;2*+1/p-2/t29-,32?,35-;;6-,7-,9-;;/m1.1../s1. The Morgan fingerprint density at radius 2 is 0.874 bits per heavy atom. The summed E-state index contributed by atoms with van der Waals surface area (Å²) in [6.45, 7) is 2.90. The summed E-state index contributed by atoms with van der Waals surface area (Å²) in [5.74, 6) is 6.27. The molecule has 0 bridgehead atoms. The molecule has 103 heavy (non-hydrogen) atoms. The van der Waals surface area contributed by atoms with Crippen molar-refractivity contribution < 1.29 is 91.3 Å². The molecule has 6 aliphatic heterocycles. The predicted molar refractivity (Wildman–Crippen MR) is 418 cm³/mol. The number of nitrogens with zero attached hydrogens (tertiary/aromatic N) is 2. The van der Waals surface area contributed by atoms with Crippen molar-refractivity contribution in [1.29, 1.82) is 0 Å². The van der Waals surface area contributed by atoms with Crippen LogP contribution in [0.1, 0.15) is 110 Å². The third-order valence-corrected chi connectivity index (χ3v) is 27.1. The summed E-state index contributed by atoms with van der Waals surface area (Å²) < 4.78 is 11.4. The van der Waals surface area contributed by atoms with E-state index < -0.39 is 5.97 Å². The van der Waals surface area contributed by atoms with Crippen molar-refractivity contribution in [2.24, 2.45) is 5.73 Å². The minimum Gasteiger partial charge on any atom is -0.691 e. The van der Waals surface area contributed by atoms with Crippen molar-refractivity contribution >= 4 is 152 Å². The van der Waals surface area contributed by atoms with E-state index in [1.165, 1.54) is 75.8 Å². The summed E-state index contributed by atoms with van der Waals surface area (Å²) in [5, 5.41) is 51.6. The number of carboxylic acids is 1. The second-order valence-corrected chi connectivity index (χ2v) is 33.6. The number of hydrogen-bond donors (Lipinski definition) is 7. The summed E-state index contributed by atoms with van der Waals surface area (Å²) in [6.07, 6.45) is 9.83. The van der Waals surface area contributed by atoms with E-state index in [1.54, 1.807) is 0 Å². The van der Waals surface area contributed by atoms with Gasteiger partial charge in [0, 0.05) is 160 Å². The Labute approximate surface area is 663 Å². The second-order valence-electron chi connectivity index (χ2n) is 24.5. The normalized spacial score (nSPS) is 18.4. The van der Waals surface area contributed by atoms with Crippen molar-refractivity contribution in [3.8, 4) is 0 Å². The Morgan fingerprint density at radius 3 is 1.27 bits per heavy atom. The van der Waals surface area contributed by atoms with Crippen LogP contribution in [0.25, 0.3) is 11.1 Å². The molecule has 6 aromatic rings. The summed E-state index contributed by atoms with van der Waals surface area (Å²) in [4.78, 5) is 50.6. The Balaban J connectivity index is 0.000000219. The summed E-state index contributed by atoms with van der Waals surface area (Å²) in [7, 11) is 0. The molecule has 8 N–H and O–H groups in total. The number of nitrogens with two attached hydrogens (primary N) is 1. The smallest absolute Gasteiger partial charge is 0.691 e. The summed E-state index contributed by atoms with van der Waals surface area (Å²) in [5.41, 5.74) is 20.6. The number of benzene rings is 6. The van der Waals surface area contributed by atoms with Gasteiger partial charge in [0.15, 0.2) is 0 Å². The molecule has 29 heteroatoms. The number of aliphatic carboxylic acids is 1. The fourth-order valence-corrected chi connectivity index (χ4v) is 22.2. The Kier molecular flexibility index (Phi) is 37.7. The number of rotatable bonds is 37. The van der Waals surface area contributed by atoms with Crippen molar-refractivity contribution in [1.82, 2.24) is 26.6 Å². The molecule has 0 aromatic heterocycles. The maximum absolute atomic E-state index is 12.6. The molecule has 6 aromatic carbocycles. The van der Waals surface area contributed by atoms with E-state index in [1.807, 2.05) is 70.6 Å². The molecule has 4 saturated heterocycles. The van der Waals surface area contributed by atoms with Gasteiger partial charge in [-0.1, -0.05) is 146 Å². The van der Waals surface area contributed by atoms with E-state index in [2.05, 4.69) is 213 Å². The molecule has 19 nitrogen and oxygen atoms in total. The number of carbonyl (C=O) groups is 4. The van der Waals surface area contributed by atoms with Gasteiger partial charge in [0.2, 0.25) is 5.91 Å². The average Bonchev–Trinajstić information content (AvgIpc) is 1.66. The molecular weight excluding hydrogens is 1450 g/mol. The molecule has 0 spiro atoms.